The average molecular weight is 235 g/mol. The van der Waals surface area contributed by atoms with Crippen LogP contribution in [0.1, 0.15) is 5.56 Å². The second kappa shape index (κ2) is 4.86. The first-order valence-corrected chi connectivity index (χ1v) is 5.20. The number of rotatable bonds is 3. The molecule has 0 bridgehead atoms. The number of hydrogen-bond donors (Lipinski definition) is 1. The first-order valence-electron chi connectivity index (χ1n) is 4.82. The summed E-state index contributed by atoms with van der Waals surface area (Å²) in [7, 11) is 0. The number of ether oxygens (including phenoxy) is 1. The van der Waals surface area contributed by atoms with Crippen molar-refractivity contribution in [3.8, 4) is 5.75 Å². The zero-order valence-electron chi connectivity index (χ0n) is 8.56. The molecule has 1 aromatic heterocycles. The van der Waals surface area contributed by atoms with E-state index < -0.39 is 0 Å². The summed E-state index contributed by atoms with van der Waals surface area (Å²) in [6.45, 7) is 0.389. The van der Waals surface area contributed by atoms with Crippen LogP contribution < -0.4 is 10.5 Å². The minimum absolute atomic E-state index is 0.389. The van der Waals surface area contributed by atoms with Gasteiger partial charge >= 0.3 is 0 Å². The standard InChI is InChI=1S/C12H11ClN2O/c13-10-2-1-3-11(6-10)16-8-9-7-15-5-4-12(9)14/h1-7H,8H2,(H2,14,15). The fourth-order valence-electron chi connectivity index (χ4n) is 1.28. The highest BCUT2D eigenvalue weighted by Gasteiger charge is 2.00. The van der Waals surface area contributed by atoms with E-state index >= 15 is 0 Å². The molecule has 0 unspecified atom stereocenters. The van der Waals surface area contributed by atoms with Crippen molar-refractivity contribution < 1.29 is 4.74 Å². The van der Waals surface area contributed by atoms with Gasteiger partial charge in [0, 0.05) is 28.7 Å². The van der Waals surface area contributed by atoms with Crippen LogP contribution in [0.25, 0.3) is 0 Å². The second-order valence-corrected chi connectivity index (χ2v) is 3.76. The van der Waals surface area contributed by atoms with Gasteiger partial charge in [0.05, 0.1) is 0 Å². The van der Waals surface area contributed by atoms with E-state index in [4.69, 9.17) is 22.1 Å². The van der Waals surface area contributed by atoms with Crippen LogP contribution in [-0.2, 0) is 6.61 Å². The molecule has 0 saturated heterocycles. The number of benzene rings is 1. The maximum atomic E-state index is 5.84. The Morgan fingerprint density at radius 2 is 2.19 bits per heavy atom. The van der Waals surface area contributed by atoms with Crippen LogP contribution in [0.15, 0.2) is 42.7 Å². The molecule has 2 aromatic rings. The van der Waals surface area contributed by atoms with E-state index in [9.17, 15) is 0 Å². The number of halogens is 1. The maximum absolute atomic E-state index is 5.84. The fourth-order valence-corrected chi connectivity index (χ4v) is 1.46. The number of aromatic nitrogens is 1. The zero-order valence-corrected chi connectivity index (χ0v) is 9.32. The Bertz CT molecular complexity index is 488. The van der Waals surface area contributed by atoms with Gasteiger partial charge in [-0.25, -0.2) is 0 Å². The van der Waals surface area contributed by atoms with Gasteiger partial charge in [0.1, 0.15) is 12.4 Å². The molecule has 2 N–H and O–H groups in total. The highest BCUT2D eigenvalue weighted by Crippen LogP contribution is 2.19. The lowest BCUT2D eigenvalue weighted by molar-refractivity contribution is 0.306. The smallest absolute Gasteiger partial charge is 0.121 e. The molecule has 4 heteroatoms. The fraction of sp³-hybridized carbons (Fsp3) is 0.0833. The molecule has 3 nitrogen and oxygen atoms in total. The third kappa shape index (κ3) is 2.64. The topological polar surface area (TPSA) is 48.1 Å². The van der Waals surface area contributed by atoms with Gasteiger partial charge in [0.15, 0.2) is 0 Å². The van der Waals surface area contributed by atoms with Crippen molar-refractivity contribution in [2.45, 2.75) is 6.61 Å². The van der Waals surface area contributed by atoms with Crippen LogP contribution in [0, 0.1) is 0 Å². The highest BCUT2D eigenvalue weighted by molar-refractivity contribution is 6.30. The molecule has 0 spiro atoms. The third-order valence-corrected chi connectivity index (χ3v) is 2.37. The first-order chi connectivity index (χ1) is 7.75. The van der Waals surface area contributed by atoms with Crippen molar-refractivity contribution in [2.24, 2.45) is 0 Å². The van der Waals surface area contributed by atoms with Gasteiger partial charge in [-0.1, -0.05) is 17.7 Å². The summed E-state index contributed by atoms with van der Waals surface area (Å²) in [5, 5.41) is 0.650. The average Bonchev–Trinajstić information content (AvgIpc) is 2.28. The summed E-state index contributed by atoms with van der Waals surface area (Å²) in [5.41, 5.74) is 7.31. The minimum Gasteiger partial charge on any atom is -0.489 e. The molecule has 0 amide bonds. The van der Waals surface area contributed by atoms with Gasteiger partial charge in [0.2, 0.25) is 0 Å². The van der Waals surface area contributed by atoms with Crippen LogP contribution in [0.4, 0.5) is 5.69 Å². The predicted molar refractivity (Wildman–Crippen MR) is 64.4 cm³/mol. The number of anilines is 1. The van der Waals surface area contributed by atoms with Gasteiger partial charge in [-0.3, -0.25) is 4.98 Å². The number of nitrogens with two attached hydrogens (primary N) is 1. The molecule has 82 valence electrons. The molecular weight excluding hydrogens is 224 g/mol. The number of nitrogen functional groups attached to an aromatic ring is 1. The van der Waals surface area contributed by atoms with Gasteiger partial charge in [-0.15, -0.1) is 0 Å². The van der Waals surface area contributed by atoms with Crippen LogP contribution >= 0.6 is 11.6 Å². The minimum atomic E-state index is 0.389. The summed E-state index contributed by atoms with van der Waals surface area (Å²) in [6.07, 6.45) is 3.35. The van der Waals surface area contributed by atoms with Crippen molar-refractivity contribution in [3.63, 3.8) is 0 Å². The van der Waals surface area contributed by atoms with Gasteiger partial charge < -0.3 is 10.5 Å². The lowest BCUT2D eigenvalue weighted by Gasteiger charge is -2.07. The van der Waals surface area contributed by atoms with Crippen LogP contribution in [0.5, 0.6) is 5.75 Å². The molecule has 16 heavy (non-hydrogen) atoms. The predicted octanol–water partition coefficient (Wildman–Crippen LogP) is 2.90. The molecule has 0 aliphatic carbocycles. The molecule has 2 rings (SSSR count). The third-order valence-electron chi connectivity index (χ3n) is 2.13. The normalized spacial score (nSPS) is 10.1. The number of pyridine rings is 1. The summed E-state index contributed by atoms with van der Waals surface area (Å²) in [4.78, 5) is 3.99. The first kappa shape index (κ1) is 10.8. The lowest BCUT2D eigenvalue weighted by Crippen LogP contribution is -2.00. The molecular formula is C12H11ClN2O. The van der Waals surface area contributed by atoms with E-state index in [2.05, 4.69) is 4.98 Å². The lowest BCUT2D eigenvalue weighted by atomic mass is 10.2. The molecule has 0 aliphatic rings. The summed E-state index contributed by atoms with van der Waals surface area (Å²) in [6, 6.07) is 8.99. The molecule has 0 aliphatic heterocycles. The summed E-state index contributed by atoms with van der Waals surface area (Å²) >= 11 is 5.84. The van der Waals surface area contributed by atoms with E-state index in [1.54, 1.807) is 30.6 Å². The Balaban J connectivity index is 2.05. The summed E-state index contributed by atoms with van der Waals surface area (Å²) < 4.78 is 5.55. The largest absolute Gasteiger partial charge is 0.489 e. The van der Waals surface area contributed by atoms with Crippen molar-refractivity contribution in [1.82, 2.24) is 4.98 Å². The molecule has 0 radical (unpaired) electrons. The Labute approximate surface area is 98.8 Å². The van der Waals surface area contributed by atoms with E-state index in [1.165, 1.54) is 0 Å². The Morgan fingerprint density at radius 3 is 2.94 bits per heavy atom. The van der Waals surface area contributed by atoms with E-state index in [1.807, 2.05) is 12.1 Å². The van der Waals surface area contributed by atoms with Crippen molar-refractivity contribution in [2.75, 3.05) is 5.73 Å². The van der Waals surface area contributed by atoms with Gasteiger partial charge in [-0.2, -0.15) is 0 Å². The van der Waals surface area contributed by atoms with Crippen LogP contribution in [0.3, 0.4) is 0 Å². The molecule has 1 heterocycles. The quantitative estimate of drug-likeness (QED) is 0.888. The van der Waals surface area contributed by atoms with Crippen LogP contribution in [0.2, 0.25) is 5.02 Å². The van der Waals surface area contributed by atoms with Gasteiger partial charge in [0.25, 0.3) is 0 Å². The van der Waals surface area contributed by atoms with E-state index in [-0.39, 0.29) is 0 Å². The van der Waals surface area contributed by atoms with Gasteiger partial charge in [-0.05, 0) is 24.3 Å². The Hall–Kier alpha value is -1.74. The van der Waals surface area contributed by atoms with Crippen molar-refractivity contribution in [1.29, 1.82) is 0 Å². The van der Waals surface area contributed by atoms with Crippen LogP contribution in [-0.4, -0.2) is 4.98 Å². The number of nitrogens with zero attached hydrogens (tertiary/aromatic N) is 1. The zero-order chi connectivity index (χ0) is 11.4. The summed E-state index contributed by atoms with van der Waals surface area (Å²) in [5.74, 6) is 0.718. The van der Waals surface area contributed by atoms with Crippen molar-refractivity contribution in [3.05, 3.63) is 53.3 Å². The molecule has 1 aromatic carbocycles. The van der Waals surface area contributed by atoms with Crippen molar-refractivity contribution >= 4 is 17.3 Å². The SMILES string of the molecule is Nc1ccncc1COc1cccc(Cl)c1. The number of hydrogen-bond acceptors (Lipinski definition) is 3. The monoisotopic (exact) mass is 234 g/mol. The Morgan fingerprint density at radius 1 is 1.31 bits per heavy atom. The Kier molecular flexibility index (Phi) is 3.27. The van der Waals surface area contributed by atoms with E-state index in [0.717, 1.165) is 11.3 Å². The van der Waals surface area contributed by atoms with E-state index in [0.29, 0.717) is 17.3 Å². The molecule has 0 atom stereocenters. The second-order valence-electron chi connectivity index (χ2n) is 3.32. The highest BCUT2D eigenvalue weighted by atomic mass is 35.5. The molecule has 0 saturated carbocycles. The maximum Gasteiger partial charge on any atom is 0.121 e. The molecule has 0 fully saturated rings.